The summed E-state index contributed by atoms with van der Waals surface area (Å²) in [5, 5.41) is 1.22. The summed E-state index contributed by atoms with van der Waals surface area (Å²) in [7, 11) is 0. The normalized spacial score (nSPS) is 28.2. The second-order valence-electron chi connectivity index (χ2n) is 6.25. The molecular weight excluding hydrogens is 268 g/mol. The molecule has 0 radical (unpaired) electrons. The maximum Gasteiger partial charge on any atom is 0.137 e. The molecule has 2 atom stereocenters. The molecule has 3 rings (SSSR count). The third-order valence-electron chi connectivity index (χ3n) is 4.89. The summed E-state index contributed by atoms with van der Waals surface area (Å²) >= 11 is 1.82. The number of likely N-dealkylation sites (tertiary alicyclic amines) is 1. The van der Waals surface area contributed by atoms with Gasteiger partial charge in [-0.15, -0.1) is 11.3 Å². The smallest absolute Gasteiger partial charge is 0.137 e. The molecule has 2 heterocycles. The Morgan fingerprint density at radius 3 is 2.75 bits per heavy atom. The number of thiazole rings is 1. The molecule has 2 unspecified atom stereocenters. The first-order chi connectivity index (χ1) is 9.65. The molecule has 20 heavy (non-hydrogen) atoms. The zero-order chi connectivity index (χ0) is 14.1. The van der Waals surface area contributed by atoms with Gasteiger partial charge in [-0.1, -0.05) is 6.42 Å². The lowest BCUT2D eigenvalue weighted by molar-refractivity contribution is -0.123. The van der Waals surface area contributed by atoms with Crippen LogP contribution in [0.4, 0.5) is 0 Å². The van der Waals surface area contributed by atoms with Crippen LogP contribution in [0, 0.1) is 19.8 Å². The van der Waals surface area contributed by atoms with Crippen LogP contribution in [0.1, 0.15) is 54.1 Å². The van der Waals surface area contributed by atoms with E-state index in [1.165, 1.54) is 29.1 Å². The van der Waals surface area contributed by atoms with Crippen molar-refractivity contribution in [2.75, 3.05) is 6.54 Å². The van der Waals surface area contributed by atoms with Crippen molar-refractivity contribution in [1.29, 1.82) is 0 Å². The fraction of sp³-hybridized carbons (Fsp3) is 0.750. The Bertz CT molecular complexity index is 477. The SMILES string of the molecule is Cc1nc(CN2CCCCC2C2CCCC2=O)sc1C. The van der Waals surface area contributed by atoms with E-state index >= 15 is 0 Å². The molecule has 2 aliphatic rings. The molecule has 110 valence electrons. The van der Waals surface area contributed by atoms with Crippen molar-refractivity contribution >= 4 is 17.1 Å². The van der Waals surface area contributed by atoms with Gasteiger partial charge in [0.2, 0.25) is 0 Å². The number of piperidine rings is 1. The molecule has 0 N–H and O–H groups in total. The largest absolute Gasteiger partial charge is 0.299 e. The first-order valence-corrected chi connectivity index (χ1v) is 8.66. The average Bonchev–Trinajstić information content (AvgIpc) is 2.97. The molecule has 2 fully saturated rings. The van der Waals surface area contributed by atoms with E-state index in [1.54, 1.807) is 0 Å². The highest BCUT2D eigenvalue weighted by Gasteiger charge is 2.36. The minimum absolute atomic E-state index is 0.303. The fourth-order valence-corrected chi connectivity index (χ4v) is 4.66. The zero-order valence-electron chi connectivity index (χ0n) is 12.5. The zero-order valence-corrected chi connectivity index (χ0v) is 13.3. The molecule has 0 amide bonds. The molecular formula is C16H24N2OS. The Labute approximate surface area is 125 Å². The van der Waals surface area contributed by atoms with Crippen LogP contribution >= 0.6 is 11.3 Å². The molecule has 3 nitrogen and oxygen atoms in total. The maximum atomic E-state index is 12.1. The molecule has 1 aromatic rings. The topological polar surface area (TPSA) is 33.2 Å². The van der Waals surface area contributed by atoms with E-state index in [2.05, 4.69) is 23.7 Å². The molecule has 0 spiro atoms. The molecule has 0 aromatic carbocycles. The van der Waals surface area contributed by atoms with E-state index in [0.717, 1.165) is 38.0 Å². The second kappa shape index (κ2) is 5.94. The molecule has 1 aliphatic heterocycles. The van der Waals surface area contributed by atoms with Gasteiger partial charge in [0.25, 0.3) is 0 Å². The van der Waals surface area contributed by atoms with Gasteiger partial charge in [0, 0.05) is 23.3 Å². The van der Waals surface area contributed by atoms with Gasteiger partial charge in [0.05, 0.1) is 12.2 Å². The van der Waals surface area contributed by atoms with Gasteiger partial charge in [-0.25, -0.2) is 4.98 Å². The van der Waals surface area contributed by atoms with E-state index < -0.39 is 0 Å². The van der Waals surface area contributed by atoms with Gasteiger partial charge < -0.3 is 0 Å². The Balaban J connectivity index is 1.73. The van der Waals surface area contributed by atoms with Gasteiger partial charge >= 0.3 is 0 Å². The van der Waals surface area contributed by atoms with Gasteiger partial charge in [0.1, 0.15) is 10.8 Å². The van der Waals surface area contributed by atoms with E-state index in [9.17, 15) is 4.79 Å². The molecule has 4 heteroatoms. The molecule has 1 aromatic heterocycles. The van der Waals surface area contributed by atoms with Gasteiger partial charge in [-0.05, 0) is 46.1 Å². The highest BCUT2D eigenvalue weighted by atomic mass is 32.1. The minimum Gasteiger partial charge on any atom is -0.299 e. The lowest BCUT2D eigenvalue weighted by Gasteiger charge is -2.38. The van der Waals surface area contributed by atoms with E-state index in [1.807, 2.05) is 11.3 Å². The predicted octanol–water partition coefficient (Wildman–Crippen LogP) is 3.48. The number of nitrogens with zero attached hydrogens (tertiary/aromatic N) is 2. The third-order valence-corrected chi connectivity index (χ3v) is 5.95. The number of rotatable bonds is 3. The summed E-state index contributed by atoms with van der Waals surface area (Å²) < 4.78 is 0. The molecule has 0 bridgehead atoms. The number of aryl methyl sites for hydroxylation is 2. The van der Waals surface area contributed by atoms with Gasteiger partial charge in [-0.2, -0.15) is 0 Å². The lowest BCUT2D eigenvalue weighted by atomic mass is 9.88. The first kappa shape index (κ1) is 14.2. The predicted molar refractivity (Wildman–Crippen MR) is 82.0 cm³/mol. The highest BCUT2D eigenvalue weighted by Crippen LogP contribution is 2.33. The van der Waals surface area contributed by atoms with Crippen LogP contribution < -0.4 is 0 Å². The van der Waals surface area contributed by atoms with Crippen LogP contribution in [0.3, 0.4) is 0 Å². The number of Topliss-reactive ketones (excluding diaryl/α,β-unsaturated/α-hetero) is 1. The Kier molecular flexibility index (Phi) is 4.22. The number of ketones is 1. The summed E-state index contributed by atoms with van der Waals surface area (Å²) in [6, 6.07) is 0.475. The van der Waals surface area contributed by atoms with Crippen LogP contribution in [0.15, 0.2) is 0 Å². The Morgan fingerprint density at radius 1 is 1.25 bits per heavy atom. The number of hydrogen-bond donors (Lipinski definition) is 0. The van der Waals surface area contributed by atoms with Crippen molar-refractivity contribution in [3.8, 4) is 0 Å². The first-order valence-electron chi connectivity index (χ1n) is 7.85. The average molecular weight is 292 g/mol. The maximum absolute atomic E-state index is 12.1. The summed E-state index contributed by atoms with van der Waals surface area (Å²) in [5.74, 6) is 0.811. The summed E-state index contributed by atoms with van der Waals surface area (Å²) in [6.45, 7) is 6.30. The fourth-order valence-electron chi connectivity index (χ4n) is 3.70. The minimum atomic E-state index is 0.303. The lowest BCUT2D eigenvalue weighted by Crippen LogP contribution is -2.44. The number of hydrogen-bond acceptors (Lipinski definition) is 4. The number of carbonyl (C=O) groups is 1. The molecule has 1 saturated carbocycles. The van der Waals surface area contributed by atoms with Crippen LogP contribution in [0.5, 0.6) is 0 Å². The summed E-state index contributed by atoms with van der Waals surface area (Å²) in [6.07, 6.45) is 6.76. The van der Waals surface area contributed by atoms with Crippen LogP contribution in [0.2, 0.25) is 0 Å². The van der Waals surface area contributed by atoms with E-state index in [4.69, 9.17) is 0 Å². The highest BCUT2D eigenvalue weighted by molar-refractivity contribution is 7.11. The monoisotopic (exact) mass is 292 g/mol. The van der Waals surface area contributed by atoms with Crippen molar-refractivity contribution in [2.45, 2.75) is 65.0 Å². The van der Waals surface area contributed by atoms with Crippen molar-refractivity contribution in [3.05, 3.63) is 15.6 Å². The van der Waals surface area contributed by atoms with Crippen molar-refractivity contribution in [3.63, 3.8) is 0 Å². The molecule has 1 saturated heterocycles. The standard InChI is InChI=1S/C16H24N2OS/c1-11-12(2)20-16(17-11)10-18-9-4-3-7-14(18)13-6-5-8-15(13)19/h13-14H,3-10H2,1-2H3. The van der Waals surface area contributed by atoms with Crippen LogP contribution in [-0.4, -0.2) is 28.3 Å². The second-order valence-corrected chi connectivity index (χ2v) is 7.54. The summed E-state index contributed by atoms with van der Waals surface area (Å²) in [4.78, 5) is 20.6. The number of aromatic nitrogens is 1. The Hall–Kier alpha value is -0.740. The van der Waals surface area contributed by atoms with Gasteiger partial charge in [-0.3, -0.25) is 9.69 Å². The Morgan fingerprint density at radius 2 is 2.10 bits per heavy atom. The van der Waals surface area contributed by atoms with Crippen LogP contribution in [-0.2, 0) is 11.3 Å². The third kappa shape index (κ3) is 2.82. The van der Waals surface area contributed by atoms with Crippen molar-refractivity contribution in [2.24, 2.45) is 5.92 Å². The van der Waals surface area contributed by atoms with E-state index in [-0.39, 0.29) is 0 Å². The van der Waals surface area contributed by atoms with Gasteiger partial charge in [0.15, 0.2) is 0 Å². The summed E-state index contributed by atoms with van der Waals surface area (Å²) in [5.41, 5.74) is 1.16. The van der Waals surface area contributed by atoms with Crippen molar-refractivity contribution in [1.82, 2.24) is 9.88 Å². The quantitative estimate of drug-likeness (QED) is 0.855. The van der Waals surface area contributed by atoms with E-state index in [0.29, 0.717) is 17.7 Å². The molecule has 1 aliphatic carbocycles. The van der Waals surface area contributed by atoms with Crippen LogP contribution in [0.25, 0.3) is 0 Å². The number of carbonyl (C=O) groups excluding carboxylic acids is 1. The van der Waals surface area contributed by atoms with Crippen molar-refractivity contribution < 1.29 is 4.79 Å².